The number of hydrogen-bond acceptors (Lipinski definition) is 1. The van der Waals surface area contributed by atoms with Crippen molar-refractivity contribution in [3.63, 3.8) is 0 Å². The first-order chi connectivity index (χ1) is 35.7. The molecule has 1 heteroatoms. The zero-order valence-corrected chi connectivity index (χ0v) is 39.8. The highest BCUT2D eigenvalue weighted by Crippen LogP contribution is 2.68. The van der Waals surface area contributed by atoms with Gasteiger partial charge < -0.3 is 0 Å². The van der Waals surface area contributed by atoms with Gasteiger partial charge in [-0.1, -0.05) is 212 Å². The van der Waals surface area contributed by atoms with E-state index in [1.807, 2.05) is 11.3 Å². The summed E-state index contributed by atoms with van der Waals surface area (Å²) in [7, 11) is 0. The quantitative estimate of drug-likeness (QED) is 0.120. The second kappa shape index (κ2) is 14.1. The van der Waals surface area contributed by atoms with Gasteiger partial charge in [0, 0.05) is 20.2 Å². The van der Waals surface area contributed by atoms with E-state index in [9.17, 15) is 0 Å². The van der Waals surface area contributed by atoms with Gasteiger partial charge in [0.25, 0.3) is 0 Å². The molecule has 0 saturated carbocycles. The lowest BCUT2D eigenvalue weighted by atomic mass is 9.67. The average molecular weight is 925 g/mol. The van der Waals surface area contributed by atoms with Crippen LogP contribution in [0.5, 0.6) is 0 Å². The van der Waals surface area contributed by atoms with Gasteiger partial charge in [0.2, 0.25) is 0 Å². The summed E-state index contributed by atoms with van der Waals surface area (Å²) in [5, 5.41) is 20.7. The monoisotopic (exact) mass is 924 g/mol. The normalized spacial score (nSPS) is 13.4. The Morgan fingerprint density at radius 1 is 0.236 bits per heavy atom. The highest BCUT2D eigenvalue weighted by molar-refractivity contribution is 7.25. The Labute approximate surface area is 419 Å². The second-order valence-corrected chi connectivity index (χ2v) is 21.2. The summed E-state index contributed by atoms with van der Waals surface area (Å²) >= 11 is 1.89. The Kier molecular flexibility index (Phi) is 7.64. The molecule has 1 aromatic heterocycles. The van der Waals surface area contributed by atoms with E-state index in [4.69, 9.17) is 0 Å². The van der Waals surface area contributed by atoms with Crippen molar-refractivity contribution in [2.24, 2.45) is 0 Å². The maximum atomic E-state index is 2.54. The van der Waals surface area contributed by atoms with E-state index < -0.39 is 5.41 Å². The maximum absolute atomic E-state index is 2.54. The molecule has 0 saturated heterocycles. The predicted molar refractivity (Wildman–Crippen MR) is 309 cm³/mol. The molecule has 330 valence electrons. The number of thiophene rings is 1. The average Bonchev–Trinajstić information content (AvgIpc) is 4.08. The lowest BCUT2D eigenvalue weighted by Crippen LogP contribution is -2.26. The van der Waals surface area contributed by atoms with E-state index in [2.05, 4.69) is 243 Å². The Balaban J connectivity index is 0.980. The Morgan fingerprint density at radius 3 is 1.17 bits per heavy atom. The van der Waals surface area contributed by atoms with Crippen LogP contribution in [-0.4, -0.2) is 0 Å². The number of hydrogen-bond donors (Lipinski definition) is 0. The standard InChI is InChI=1S/C71H40S/c1-2-18-42-40-64-60(37-41(42)17-1)59-39-44(34-36-63(59)72-64)66-54-28-10-8-26-52(54)65(53-27-9-11-29-55(53)66)43-33-35-57-58(38-43)47-21-4-7-25-51(47)68-67-50-24-6-3-19-45(50)46-20-5-12-30-56(46)69(67)71(70(57)68)61-31-15-13-22-48(61)49-23-14-16-32-62(49)71/h1-40H. The van der Waals surface area contributed by atoms with E-state index in [1.165, 1.54) is 162 Å². The summed E-state index contributed by atoms with van der Waals surface area (Å²) in [5.74, 6) is 0. The molecule has 0 unspecified atom stereocenters. The van der Waals surface area contributed by atoms with Crippen molar-refractivity contribution in [3.8, 4) is 44.5 Å². The molecule has 0 aliphatic heterocycles. The van der Waals surface area contributed by atoms with Gasteiger partial charge in [0.15, 0.2) is 0 Å². The first kappa shape index (κ1) is 38.9. The van der Waals surface area contributed by atoms with Crippen molar-refractivity contribution in [1.82, 2.24) is 0 Å². The summed E-state index contributed by atoms with van der Waals surface area (Å²) in [6.07, 6.45) is 0. The Bertz CT molecular complexity index is 4830. The molecule has 1 heterocycles. The van der Waals surface area contributed by atoms with Crippen LogP contribution in [0.2, 0.25) is 0 Å². The van der Waals surface area contributed by atoms with Gasteiger partial charge in [-0.05, 0) is 173 Å². The molecule has 1 spiro atoms. The van der Waals surface area contributed by atoms with Gasteiger partial charge in [0.1, 0.15) is 0 Å². The minimum absolute atomic E-state index is 0.561. The Morgan fingerprint density at radius 2 is 0.611 bits per heavy atom. The van der Waals surface area contributed by atoms with Crippen LogP contribution < -0.4 is 0 Å². The lowest BCUT2D eigenvalue weighted by molar-refractivity contribution is 0.810. The van der Waals surface area contributed by atoms with Crippen LogP contribution in [0.4, 0.5) is 0 Å². The molecule has 2 aliphatic carbocycles. The van der Waals surface area contributed by atoms with Crippen LogP contribution in [0.15, 0.2) is 243 Å². The fraction of sp³-hybridized carbons (Fsp3) is 0.0141. The third-order valence-corrected chi connectivity index (χ3v) is 17.9. The van der Waals surface area contributed by atoms with Crippen LogP contribution in [0.3, 0.4) is 0 Å². The van der Waals surface area contributed by atoms with Gasteiger partial charge in [-0.15, -0.1) is 11.3 Å². The molecule has 2 aliphatic rings. The SMILES string of the molecule is c1ccc2c(c1)-c1ccccc1C21c2c(c3ccccc3c3ccccc23)-c2c1c1ccc(-c3c4ccccc4c(-c4ccc5sc6cc7ccccc7cc6c5c4)c4ccccc34)cc1c1ccccc21. The molecule has 0 fully saturated rings. The second-order valence-electron chi connectivity index (χ2n) is 20.1. The van der Waals surface area contributed by atoms with Crippen molar-refractivity contribution in [3.05, 3.63) is 265 Å². The number of benzene rings is 14. The predicted octanol–water partition coefficient (Wildman–Crippen LogP) is 19.8. The summed E-state index contributed by atoms with van der Waals surface area (Å²) in [4.78, 5) is 0. The molecule has 0 amide bonds. The molecular formula is C71H40S. The summed E-state index contributed by atoms with van der Waals surface area (Å²) in [6.45, 7) is 0. The smallest absolute Gasteiger partial charge is 0.0738 e. The molecule has 0 radical (unpaired) electrons. The Hall–Kier alpha value is -8.88. The molecule has 0 N–H and O–H groups in total. The molecule has 0 nitrogen and oxygen atoms in total. The van der Waals surface area contributed by atoms with Gasteiger partial charge >= 0.3 is 0 Å². The van der Waals surface area contributed by atoms with Crippen molar-refractivity contribution in [2.45, 2.75) is 5.41 Å². The lowest BCUT2D eigenvalue weighted by Gasteiger charge is -2.33. The van der Waals surface area contributed by atoms with Crippen LogP contribution >= 0.6 is 11.3 Å². The van der Waals surface area contributed by atoms with Gasteiger partial charge in [-0.25, -0.2) is 0 Å². The van der Waals surface area contributed by atoms with Crippen molar-refractivity contribution in [1.29, 1.82) is 0 Å². The highest BCUT2D eigenvalue weighted by atomic mass is 32.1. The van der Waals surface area contributed by atoms with E-state index in [0.717, 1.165) is 0 Å². The van der Waals surface area contributed by atoms with E-state index in [0.29, 0.717) is 0 Å². The van der Waals surface area contributed by atoms with Crippen molar-refractivity contribution >= 4 is 107 Å². The van der Waals surface area contributed by atoms with Crippen LogP contribution in [0, 0.1) is 0 Å². The highest BCUT2D eigenvalue weighted by Gasteiger charge is 2.54. The van der Waals surface area contributed by atoms with Crippen LogP contribution in [-0.2, 0) is 5.41 Å². The first-order valence-corrected chi connectivity index (χ1v) is 26.0. The maximum Gasteiger partial charge on any atom is 0.0738 e. The minimum atomic E-state index is -0.561. The molecule has 14 aromatic carbocycles. The minimum Gasteiger partial charge on any atom is -0.135 e. The van der Waals surface area contributed by atoms with Gasteiger partial charge in [-0.2, -0.15) is 0 Å². The zero-order valence-electron chi connectivity index (χ0n) is 39.0. The third-order valence-electron chi connectivity index (χ3n) is 16.8. The summed E-state index contributed by atoms with van der Waals surface area (Å²) < 4.78 is 2.65. The fourth-order valence-electron chi connectivity index (χ4n) is 14.1. The first-order valence-electron chi connectivity index (χ1n) is 25.2. The summed E-state index contributed by atoms with van der Waals surface area (Å²) in [6, 6.07) is 92.5. The zero-order chi connectivity index (χ0) is 46.8. The molecule has 17 rings (SSSR count). The topological polar surface area (TPSA) is 0 Å². The van der Waals surface area contributed by atoms with Gasteiger partial charge in [-0.3, -0.25) is 0 Å². The largest absolute Gasteiger partial charge is 0.135 e. The van der Waals surface area contributed by atoms with Crippen molar-refractivity contribution < 1.29 is 0 Å². The van der Waals surface area contributed by atoms with Gasteiger partial charge in [0.05, 0.1) is 5.41 Å². The molecule has 0 bridgehead atoms. The van der Waals surface area contributed by atoms with E-state index in [-0.39, 0.29) is 0 Å². The van der Waals surface area contributed by atoms with E-state index >= 15 is 0 Å². The number of rotatable bonds is 2. The number of fused-ring (bicyclic) bond motifs is 26. The fourth-order valence-corrected chi connectivity index (χ4v) is 15.2. The van der Waals surface area contributed by atoms with Crippen LogP contribution in [0.1, 0.15) is 22.3 Å². The summed E-state index contributed by atoms with van der Waals surface area (Å²) in [5.41, 5.74) is 15.4. The van der Waals surface area contributed by atoms with E-state index in [1.54, 1.807) is 0 Å². The third kappa shape index (κ3) is 4.86. The molecule has 15 aromatic rings. The molecule has 72 heavy (non-hydrogen) atoms. The van der Waals surface area contributed by atoms with Crippen LogP contribution in [0.25, 0.3) is 140 Å². The van der Waals surface area contributed by atoms with Crippen molar-refractivity contribution in [2.75, 3.05) is 0 Å². The molecule has 0 atom stereocenters. The molecular weight excluding hydrogens is 885 g/mol.